The van der Waals surface area contributed by atoms with Crippen LogP contribution in [0.25, 0.3) is 11.6 Å². The fourth-order valence-corrected chi connectivity index (χ4v) is 2.98. The van der Waals surface area contributed by atoms with Gasteiger partial charge in [0.15, 0.2) is 18.1 Å². The summed E-state index contributed by atoms with van der Waals surface area (Å²) in [6, 6.07) is 20.9. The first-order valence-corrected chi connectivity index (χ1v) is 9.93. The van der Waals surface area contributed by atoms with Crippen molar-refractivity contribution in [2.24, 2.45) is 0 Å². The van der Waals surface area contributed by atoms with Gasteiger partial charge in [-0.3, -0.25) is 0 Å². The maximum Gasteiger partial charge on any atom is 0.349 e. The minimum Gasteiger partial charge on any atom is -0.493 e. The number of hydrogen-bond acceptors (Lipinski definition) is 6. The van der Waals surface area contributed by atoms with Crippen molar-refractivity contribution in [1.82, 2.24) is 0 Å². The van der Waals surface area contributed by atoms with E-state index in [1.807, 2.05) is 0 Å². The third-order valence-electron chi connectivity index (χ3n) is 4.39. The Labute approximate surface area is 191 Å². The summed E-state index contributed by atoms with van der Waals surface area (Å²) in [4.78, 5) is 12.1. The fraction of sp³-hybridized carbons (Fsp3) is 0.120. The number of allylic oxidation sites excluding steroid dienone is 1. The first kappa shape index (κ1) is 22.7. The van der Waals surface area contributed by atoms with Crippen LogP contribution in [0.2, 0.25) is 5.02 Å². The van der Waals surface area contributed by atoms with E-state index in [-0.39, 0.29) is 6.61 Å². The summed E-state index contributed by atoms with van der Waals surface area (Å²) in [5, 5.41) is 10.2. The van der Waals surface area contributed by atoms with Crippen LogP contribution >= 0.6 is 11.6 Å². The Morgan fingerprint density at radius 2 is 1.72 bits per heavy atom. The van der Waals surface area contributed by atoms with Gasteiger partial charge < -0.3 is 18.9 Å². The van der Waals surface area contributed by atoms with Crippen molar-refractivity contribution >= 4 is 29.2 Å². The highest BCUT2D eigenvalue weighted by atomic mass is 35.5. The van der Waals surface area contributed by atoms with Gasteiger partial charge in [-0.15, -0.1) is 0 Å². The molecule has 0 bridgehead atoms. The van der Waals surface area contributed by atoms with Crippen molar-refractivity contribution in [2.45, 2.75) is 0 Å². The zero-order valence-corrected chi connectivity index (χ0v) is 18.3. The normalized spacial score (nSPS) is 10.8. The number of esters is 1. The van der Waals surface area contributed by atoms with Crippen LogP contribution in [0, 0.1) is 11.3 Å². The average Bonchev–Trinajstić information content (AvgIpc) is 2.82. The third kappa shape index (κ3) is 6.03. The molecule has 0 heterocycles. The second kappa shape index (κ2) is 10.9. The van der Waals surface area contributed by atoms with Gasteiger partial charge in [-0.1, -0.05) is 23.7 Å². The molecule has 0 spiro atoms. The summed E-state index contributed by atoms with van der Waals surface area (Å²) in [5.74, 6) is 1.39. The van der Waals surface area contributed by atoms with E-state index in [1.165, 1.54) is 7.11 Å². The molecule has 162 valence electrons. The number of ether oxygens (including phenoxy) is 4. The molecule has 0 saturated carbocycles. The summed E-state index contributed by atoms with van der Waals surface area (Å²) in [5.41, 5.74) is 1.78. The van der Waals surface area contributed by atoms with E-state index in [2.05, 4.69) is 6.07 Å². The maximum atomic E-state index is 12.1. The van der Waals surface area contributed by atoms with Crippen LogP contribution in [0.1, 0.15) is 11.1 Å². The average molecular weight is 450 g/mol. The largest absolute Gasteiger partial charge is 0.493 e. The van der Waals surface area contributed by atoms with Gasteiger partial charge in [0.2, 0.25) is 0 Å². The minimum absolute atomic E-state index is 0.253. The molecule has 0 amide bonds. The Kier molecular flexibility index (Phi) is 7.74. The van der Waals surface area contributed by atoms with E-state index in [4.69, 9.17) is 30.5 Å². The Morgan fingerprint density at radius 1 is 0.969 bits per heavy atom. The topological polar surface area (TPSA) is 77.8 Å². The molecule has 0 fully saturated rings. The predicted molar refractivity (Wildman–Crippen MR) is 122 cm³/mol. The molecule has 0 aliphatic rings. The molecule has 0 aliphatic heterocycles. The van der Waals surface area contributed by atoms with Gasteiger partial charge in [0.1, 0.15) is 11.5 Å². The zero-order chi connectivity index (χ0) is 22.9. The molecule has 0 N–H and O–H groups in total. The van der Waals surface area contributed by atoms with Crippen LogP contribution < -0.4 is 18.9 Å². The van der Waals surface area contributed by atoms with Gasteiger partial charge in [0, 0.05) is 5.02 Å². The van der Waals surface area contributed by atoms with Crippen LogP contribution in [0.3, 0.4) is 0 Å². The SMILES string of the molecule is COc1ccc(/C(C#N)=C\c2cccc(OC(=O)COc3ccc(Cl)cc3)c2)cc1OC. The van der Waals surface area contributed by atoms with Crippen molar-refractivity contribution < 1.29 is 23.7 Å². The predicted octanol–water partition coefficient (Wildman–Crippen LogP) is 5.41. The van der Waals surface area contributed by atoms with Crippen LogP contribution in [0.5, 0.6) is 23.0 Å². The van der Waals surface area contributed by atoms with Crippen LogP contribution in [-0.4, -0.2) is 26.8 Å². The molecule has 3 aromatic carbocycles. The summed E-state index contributed by atoms with van der Waals surface area (Å²) in [7, 11) is 3.08. The van der Waals surface area contributed by atoms with Crippen molar-refractivity contribution in [3.8, 4) is 29.1 Å². The van der Waals surface area contributed by atoms with E-state index in [0.717, 1.165) is 0 Å². The van der Waals surface area contributed by atoms with Gasteiger partial charge in [0.25, 0.3) is 0 Å². The Balaban J connectivity index is 1.71. The van der Waals surface area contributed by atoms with Gasteiger partial charge in [-0.25, -0.2) is 4.79 Å². The van der Waals surface area contributed by atoms with E-state index in [1.54, 1.807) is 79.9 Å². The summed E-state index contributed by atoms with van der Waals surface area (Å²) < 4.78 is 21.3. The molecule has 3 rings (SSSR count). The van der Waals surface area contributed by atoms with Crippen LogP contribution in [-0.2, 0) is 4.79 Å². The third-order valence-corrected chi connectivity index (χ3v) is 4.64. The van der Waals surface area contributed by atoms with E-state index < -0.39 is 5.97 Å². The van der Waals surface area contributed by atoms with Crippen LogP contribution in [0.4, 0.5) is 0 Å². The molecule has 3 aromatic rings. The number of benzene rings is 3. The summed E-state index contributed by atoms with van der Waals surface area (Å²) >= 11 is 5.83. The molecule has 0 aromatic heterocycles. The lowest BCUT2D eigenvalue weighted by Crippen LogP contribution is -2.17. The maximum absolute atomic E-state index is 12.1. The number of hydrogen-bond donors (Lipinski definition) is 0. The lowest BCUT2D eigenvalue weighted by atomic mass is 10.0. The fourth-order valence-electron chi connectivity index (χ4n) is 2.85. The van der Waals surface area contributed by atoms with Gasteiger partial charge in [-0.05, 0) is 71.8 Å². The van der Waals surface area contributed by atoms with Crippen molar-refractivity contribution in [3.05, 3.63) is 82.9 Å². The smallest absolute Gasteiger partial charge is 0.349 e. The number of rotatable bonds is 8. The second-order valence-electron chi connectivity index (χ2n) is 6.53. The van der Waals surface area contributed by atoms with E-state index in [9.17, 15) is 10.1 Å². The van der Waals surface area contributed by atoms with Crippen molar-refractivity contribution in [1.29, 1.82) is 5.26 Å². The number of nitriles is 1. The Bertz CT molecular complexity index is 1170. The molecule has 0 atom stereocenters. The highest BCUT2D eigenvalue weighted by Crippen LogP contribution is 2.31. The Hall–Kier alpha value is -3.95. The molecule has 0 aliphatic carbocycles. The first-order chi connectivity index (χ1) is 15.5. The lowest BCUT2D eigenvalue weighted by molar-refractivity contribution is -0.136. The molecular weight excluding hydrogens is 430 g/mol. The molecule has 6 nitrogen and oxygen atoms in total. The van der Waals surface area contributed by atoms with Crippen molar-refractivity contribution in [3.63, 3.8) is 0 Å². The number of carbonyl (C=O) groups excluding carboxylic acids is 1. The standard InChI is InChI=1S/C25H20ClNO5/c1-29-23-11-6-18(14-24(23)30-2)19(15-27)12-17-4-3-5-22(13-17)32-25(28)16-31-21-9-7-20(26)8-10-21/h3-14H,16H2,1-2H3/b19-12-. The van der Waals surface area contributed by atoms with Gasteiger partial charge in [0.05, 0.1) is 25.9 Å². The number of carbonyl (C=O) groups is 1. The highest BCUT2D eigenvalue weighted by molar-refractivity contribution is 6.30. The monoisotopic (exact) mass is 449 g/mol. The molecule has 32 heavy (non-hydrogen) atoms. The quantitative estimate of drug-likeness (QED) is 0.198. The first-order valence-electron chi connectivity index (χ1n) is 9.55. The van der Waals surface area contributed by atoms with Gasteiger partial charge in [-0.2, -0.15) is 5.26 Å². The molecule has 0 radical (unpaired) electrons. The highest BCUT2D eigenvalue weighted by Gasteiger charge is 2.10. The molecule has 0 saturated heterocycles. The Morgan fingerprint density at radius 3 is 2.41 bits per heavy atom. The van der Waals surface area contributed by atoms with Crippen molar-refractivity contribution in [2.75, 3.05) is 20.8 Å². The molecule has 7 heteroatoms. The lowest BCUT2D eigenvalue weighted by Gasteiger charge is -2.09. The number of halogens is 1. The summed E-state index contributed by atoms with van der Waals surface area (Å²) in [6.07, 6.45) is 1.70. The van der Waals surface area contributed by atoms with E-state index >= 15 is 0 Å². The van der Waals surface area contributed by atoms with E-state index in [0.29, 0.717) is 44.7 Å². The van der Waals surface area contributed by atoms with Gasteiger partial charge >= 0.3 is 5.97 Å². The zero-order valence-electron chi connectivity index (χ0n) is 17.5. The second-order valence-corrected chi connectivity index (χ2v) is 6.97. The molecular formula is C25H20ClNO5. The summed E-state index contributed by atoms with van der Waals surface area (Å²) in [6.45, 7) is -0.253. The molecule has 0 unspecified atom stereocenters. The minimum atomic E-state index is -0.554. The number of methoxy groups -OCH3 is 2. The number of nitrogens with zero attached hydrogens (tertiary/aromatic N) is 1. The van der Waals surface area contributed by atoms with Crippen LogP contribution in [0.15, 0.2) is 66.7 Å².